The van der Waals surface area contributed by atoms with E-state index in [2.05, 4.69) is 32.7 Å². The molecule has 1 aromatic rings. The Morgan fingerprint density at radius 1 is 1.12 bits per heavy atom. The Hall–Kier alpha value is -1.08. The molecule has 3 heterocycles. The van der Waals surface area contributed by atoms with E-state index in [0.717, 1.165) is 51.9 Å². The smallest absolute Gasteiger partial charge is 0.126 e. The van der Waals surface area contributed by atoms with Crippen LogP contribution in [0.5, 0.6) is 0 Å². The quantitative estimate of drug-likeness (QED) is 0.846. The lowest BCUT2D eigenvalue weighted by Crippen LogP contribution is -2.49. The van der Waals surface area contributed by atoms with Gasteiger partial charge in [0.1, 0.15) is 5.82 Å². The number of nitrogens with zero attached hydrogens (tertiary/aromatic N) is 2. The maximum absolute atomic E-state index is 5.65. The van der Waals surface area contributed by atoms with Gasteiger partial charge >= 0.3 is 0 Å². The van der Waals surface area contributed by atoms with Crippen LogP contribution in [-0.4, -0.2) is 63.1 Å². The summed E-state index contributed by atoms with van der Waals surface area (Å²) in [5.74, 6) is 1.62. The zero-order valence-electron chi connectivity index (χ0n) is 14.7. The summed E-state index contributed by atoms with van der Waals surface area (Å²) in [5.41, 5.74) is 1.19. The first-order chi connectivity index (χ1) is 11.9. The van der Waals surface area contributed by atoms with Crippen LogP contribution in [0, 0.1) is 5.92 Å². The van der Waals surface area contributed by atoms with Crippen molar-refractivity contribution in [2.24, 2.45) is 5.92 Å². The minimum Gasteiger partial charge on any atom is -0.379 e. The van der Waals surface area contributed by atoms with Crippen molar-refractivity contribution in [3.05, 3.63) is 18.3 Å². The summed E-state index contributed by atoms with van der Waals surface area (Å²) >= 11 is 0. The highest BCUT2D eigenvalue weighted by Gasteiger charge is 2.34. The van der Waals surface area contributed by atoms with E-state index < -0.39 is 0 Å². The maximum Gasteiger partial charge on any atom is 0.126 e. The van der Waals surface area contributed by atoms with Crippen molar-refractivity contribution in [1.82, 2.24) is 10.3 Å². The largest absolute Gasteiger partial charge is 0.379 e. The van der Waals surface area contributed by atoms with Crippen molar-refractivity contribution in [2.75, 3.05) is 56.3 Å². The molecule has 2 aliphatic heterocycles. The van der Waals surface area contributed by atoms with Crippen LogP contribution in [0.2, 0.25) is 0 Å². The molecule has 2 saturated heterocycles. The van der Waals surface area contributed by atoms with Gasteiger partial charge in [-0.15, -0.1) is 12.4 Å². The lowest BCUT2D eigenvalue weighted by Gasteiger charge is -2.33. The van der Waals surface area contributed by atoms with E-state index >= 15 is 0 Å². The second kappa shape index (κ2) is 9.03. The number of anilines is 2. The van der Waals surface area contributed by atoms with E-state index in [0.29, 0.717) is 18.0 Å². The van der Waals surface area contributed by atoms with Crippen LogP contribution in [0.4, 0.5) is 11.5 Å². The number of nitrogens with one attached hydrogen (secondary N) is 2. The van der Waals surface area contributed by atoms with E-state index in [1.54, 1.807) is 0 Å². The van der Waals surface area contributed by atoms with Crippen LogP contribution in [0.1, 0.15) is 19.3 Å². The Kier molecular flexibility index (Phi) is 6.76. The van der Waals surface area contributed by atoms with Crippen LogP contribution < -0.4 is 15.5 Å². The van der Waals surface area contributed by atoms with Gasteiger partial charge in [0, 0.05) is 31.7 Å². The molecule has 25 heavy (non-hydrogen) atoms. The van der Waals surface area contributed by atoms with E-state index in [-0.39, 0.29) is 12.4 Å². The molecule has 3 fully saturated rings. The summed E-state index contributed by atoms with van der Waals surface area (Å²) in [6.45, 7) is 6.16. The molecule has 140 valence electrons. The maximum atomic E-state index is 5.65. The third-order valence-electron chi connectivity index (χ3n) is 5.49. The summed E-state index contributed by atoms with van der Waals surface area (Å²) in [5, 5.41) is 7.29. The first kappa shape index (κ1) is 18.7. The first-order valence-corrected chi connectivity index (χ1v) is 9.26. The molecule has 4 rings (SSSR count). The molecule has 1 saturated carbocycles. The summed E-state index contributed by atoms with van der Waals surface area (Å²) in [6, 6.07) is 5.26. The third-order valence-corrected chi connectivity index (χ3v) is 5.49. The van der Waals surface area contributed by atoms with Gasteiger partial charge in [0.25, 0.3) is 0 Å². The standard InChI is InChI=1S/C18H28N4O2.ClH/c1-2-15(17-13-24-9-6-19-17)16(3-1)21-18-5-4-14(12-20-18)22-7-10-23-11-8-22;/h4-5,12,15-17,19H,1-3,6-11,13H2,(H,20,21);1H. The SMILES string of the molecule is Cl.c1cc(NC2CCCC2C2COCCN2)ncc1N1CCOCC1. The van der Waals surface area contributed by atoms with Crippen LogP contribution in [0.15, 0.2) is 18.3 Å². The van der Waals surface area contributed by atoms with Gasteiger partial charge in [0.05, 0.1) is 38.3 Å². The number of aromatic nitrogens is 1. The van der Waals surface area contributed by atoms with E-state index in [4.69, 9.17) is 9.47 Å². The minimum absolute atomic E-state index is 0. The van der Waals surface area contributed by atoms with Crippen molar-refractivity contribution in [2.45, 2.75) is 31.3 Å². The topological polar surface area (TPSA) is 58.7 Å². The molecule has 3 atom stereocenters. The number of pyridine rings is 1. The molecule has 1 aromatic heterocycles. The van der Waals surface area contributed by atoms with Gasteiger partial charge in [-0.1, -0.05) is 6.42 Å². The highest BCUT2D eigenvalue weighted by atomic mass is 35.5. The molecule has 0 amide bonds. The number of ether oxygens (including phenoxy) is 2. The van der Waals surface area contributed by atoms with Gasteiger partial charge in [-0.2, -0.15) is 0 Å². The molecule has 0 radical (unpaired) electrons. The average molecular weight is 369 g/mol. The Bertz CT molecular complexity index is 518. The van der Waals surface area contributed by atoms with E-state index in [9.17, 15) is 0 Å². The average Bonchev–Trinajstić information content (AvgIpc) is 3.12. The molecule has 3 unspecified atom stereocenters. The fraction of sp³-hybridized carbons (Fsp3) is 0.722. The number of hydrogen-bond acceptors (Lipinski definition) is 6. The lowest BCUT2D eigenvalue weighted by molar-refractivity contribution is 0.0559. The van der Waals surface area contributed by atoms with Gasteiger partial charge in [0.15, 0.2) is 0 Å². The van der Waals surface area contributed by atoms with Gasteiger partial charge < -0.3 is 25.0 Å². The van der Waals surface area contributed by atoms with Crippen LogP contribution in [-0.2, 0) is 9.47 Å². The molecule has 0 spiro atoms. The van der Waals surface area contributed by atoms with Crippen molar-refractivity contribution in [3.63, 3.8) is 0 Å². The summed E-state index contributed by atoms with van der Waals surface area (Å²) in [6.07, 6.45) is 5.76. The van der Waals surface area contributed by atoms with E-state index in [1.807, 2.05) is 6.20 Å². The Balaban J connectivity index is 0.00000182. The van der Waals surface area contributed by atoms with Crippen LogP contribution >= 0.6 is 12.4 Å². The predicted molar refractivity (Wildman–Crippen MR) is 102 cm³/mol. The van der Waals surface area contributed by atoms with Gasteiger partial charge in [-0.25, -0.2) is 4.98 Å². The highest BCUT2D eigenvalue weighted by Crippen LogP contribution is 2.31. The normalized spacial score (nSPS) is 29.9. The number of hydrogen-bond donors (Lipinski definition) is 2. The number of halogens is 1. The molecule has 0 aromatic carbocycles. The number of morpholine rings is 2. The van der Waals surface area contributed by atoms with Crippen LogP contribution in [0.3, 0.4) is 0 Å². The van der Waals surface area contributed by atoms with Crippen molar-refractivity contribution < 1.29 is 9.47 Å². The monoisotopic (exact) mass is 368 g/mol. The molecule has 2 N–H and O–H groups in total. The van der Waals surface area contributed by atoms with Gasteiger partial charge in [-0.3, -0.25) is 0 Å². The van der Waals surface area contributed by atoms with Crippen molar-refractivity contribution in [3.8, 4) is 0 Å². The fourth-order valence-electron chi connectivity index (χ4n) is 4.18. The van der Waals surface area contributed by atoms with Gasteiger partial charge in [0.2, 0.25) is 0 Å². The summed E-state index contributed by atoms with van der Waals surface area (Å²) in [7, 11) is 0. The molecule has 7 heteroatoms. The molecular formula is C18H29ClN4O2. The molecule has 0 bridgehead atoms. The van der Waals surface area contributed by atoms with Crippen molar-refractivity contribution in [1.29, 1.82) is 0 Å². The van der Waals surface area contributed by atoms with Crippen LogP contribution in [0.25, 0.3) is 0 Å². The summed E-state index contributed by atoms with van der Waals surface area (Å²) in [4.78, 5) is 6.99. The van der Waals surface area contributed by atoms with Gasteiger partial charge in [-0.05, 0) is 30.9 Å². The lowest BCUT2D eigenvalue weighted by atomic mass is 9.94. The molecule has 6 nitrogen and oxygen atoms in total. The Morgan fingerprint density at radius 2 is 2.00 bits per heavy atom. The number of rotatable bonds is 4. The second-order valence-electron chi connectivity index (χ2n) is 6.98. The third kappa shape index (κ3) is 4.56. The summed E-state index contributed by atoms with van der Waals surface area (Å²) < 4.78 is 11.1. The zero-order valence-corrected chi connectivity index (χ0v) is 15.5. The molecule has 3 aliphatic rings. The van der Waals surface area contributed by atoms with E-state index in [1.165, 1.54) is 24.9 Å². The zero-order chi connectivity index (χ0) is 16.2. The highest BCUT2D eigenvalue weighted by molar-refractivity contribution is 5.85. The predicted octanol–water partition coefficient (Wildman–Crippen LogP) is 1.91. The fourth-order valence-corrected chi connectivity index (χ4v) is 4.18. The Labute approximate surface area is 156 Å². The second-order valence-corrected chi connectivity index (χ2v) is 6.98. The molecular weight excluding hydrogens is 340 g/mol. The first-order valence-electron chi connectivity index (χ1n) is 9.26. The van der Waals surface area contributed by atoms with Crippen molar-refractivity contribution >= 4 is 23.9 Å². The Morgan fingerprint density at radius 3 is 2.72 bits per heavy atom. The minimum atomic E-state index is 0. The molecule has 1 aliphatic carbocycles.